The zero-order valence-corrected chi connectivity index (χ0v) is 13.1. The van der Waals surface area contributed by atoms with E-state index in [-0.39, 0.29) is 11.1 Å². The number of H-pyrrole nitrogens is 1. The zero-order valence-electron chi connectivity index (χ0n) is 13.1. The minimum Gasteiger partial charge on any atom is -0.382 e. The Hall–Kier alpha value is -1.89. The number of anilines is 1. The normalized spacial score (nSPS) is 12.0. The van der Waals surface area contributed by atoms with E-state index in [4.69, 9.17) is 4.74 Å². The predicted molar refractivity (Wildman–Crippen MR) is 82.7 cm³/mol. The van der Waals surface area contributed by atoms with Crippen molar-refractivity contribution in [2.45, 2.75) is 39.7 Å². The Morgan fingerprint density at radius 2 is 2.19 bits per heavy atom. The van der Waals surface area contributed by atoms with Gasteiger partial charge in [-0.1, -0.05) is 0 Å². The molecule has 2 heterocycles. The predicted octanol–water partition coefficient (Wildman–Crippen LogP) is 1.71. The molecule has 0 fully saturated rings. The topological polar surface area (TPSA) is 84.8 Å². The molecule has 0 amide bonds. The lowest BCUT2D eigenvalue weighted by molar-refractivity contribution is 0.147. The molecule has 2 aromatic rings. The summed E-state index contributed by atoms with van der Waals surface area (Å²) < 4.78 is 7.04. The second-order valence-corrected chi connectivity index (χ2v) is 5.86. The number of hydrogen-bond acceptors (Lipinski definition) is 5. The van der Waals surface area contributed by atoms with Crippen LogP contribution in [0.1, 0.15) is 34.1 Å². The van der Waals surface area contributed by atoms with E-state index < -0.39 is 0 Å². The van der Waals surface area contributed by atoms with Crippen LogP contribution < -0.4 is 10.9 Å². The Balaban J connectivity index is 2.20. The number of aromatic amines is 1. The highest BCUT2D eigenvalue weighted by molar-refractivity contribution is 5.74. The van der Waals surface area contributed by atoms with E-state index >= 15 is 0 Å². The first-order valence-electron chi connectivity index (χ1n) is 7.23. The molecular weight excluding hydrogens is 270 g/mol. The smallest absolute Gasteiger partial charge is 0.263 e. The summed E-state index contributed by atoms with van der Waals surface area (Å²) in [5.74, 6) is 0.468. The SMILES string of the molecule is CCOCCCNc1nc2c(cnn2C(C)(C)C)c(=O)[nH]1. The van der Waals surface area contributed by atoms with Gasteiger partial charge in [0, 0.05) is 19.8 Å². The number of fused-ring (bicyclic) bond motifs is 1. The average molecular weight is 293 g/mol. The highest BCUT2D eigenvalue weighted by Gasteiger charge is 2.19. The van der Waals surface area contributed by atoms with Gasteiger partial charge in [0.15, 0.2) is 5.65 Å². The number of aromatic nitrogens is 4. The largest absolute Gasteiger partial charge is 0.382 e. The van der Waals surface area contributed by atoms with Crippen molar-refractivity contribution in [1.29, 1.82) is 0 Å². The van der Waals surface area contributed by atoms with Gasteiger partial charge in [-0.05, 0) is 34.1 Å². The third kappa shape index (κ3) is 3.60. The molecular formula is C14H23N5O2. The summed E-state index contributed by atoms with van der Waals surface area (Å²) in [6.45, 7) is 10.1. The van der Waals surface area contributed by atoms with Crippen molar-refractivity contribution in [3.63, 3.8) is 0 Å². The monoisotopic (exact) mass is 293 g/mol. The number of nitrogens with one attached hydrogen (secondary N) is 2. The molecule has 0 spiro atoms. The third-order valence-electron chi connectivity index (χ3n) is 3.04. The third-order valence-corrected chi connectivity index (χ3v) is 3.04. The van der Waals surface area contributed by atoms with E-state index in [2.05, 4.69) is 20.4 Å². The number of ether oxygens (including phenoxy) is 1. The highest BCUT2D eigenvalue weighted by atomic mass is 16.5. The van der Waals surface area contributed by atoms with Crippen LogP contribution in [-0.4, -0.2) is 39.5 Å². The quantitative estimate of drug-likeness (QED) is 0.792. The second kappa shape index (κ2) is 6.26. The molecule has 116 valence electrons. The van der Waals surface area contributed by atoms with E-state index in [9.17, 15) is 4.79 Å². The molecule has 0 aliphatic carbocycles. The van der Waals surface area contributed by atoms with Crippen LogP contribution in [0.4, 0.5) is 5.95 Å². The Labute approximate surface area is 123 Å². The van der Waals surface area contributed by atoms with Crippen LogP contribution >= 0.6 is 0 Å². The summed E-state index contributed by atoms with van der Waals surface area (Å²) in [6, 6.07) is 0. The molecule has 0 aromatic carbocycles. The standard InChI is InChI=1S/C14H23N5O2/c1-5-21-8-6-7-15-13-17-11-10(12(20)18-13)9-16-19(11)14(2,3)4/h9H,5-8H2,1-4H3,(H2,15,17,18,20). The molecule has 0 saturated heterocycles. The van der Waals surface area contributed by atoms with Crippen molar-refractivity contribution < 1.29 is 4.74 Å². The van der Waals surface area contributed by atoms with E-state index in [1.165, 1.54) is 0 Å². The number of rotatable bonds is 6. The Morgan fingerprint density at radius 3 is 2.86 bits per heavy atom. The van der Waals surface area contributed by atoms with Gasteiger partial charge in [0.25, 0.3) is 5.56 Å². The summed E-state index contributed by atoms with van der Waals surface area (Å²) in [7, 11) is 0. The van der Waals surface area contributed by atoms with Crippen molar-refractivity contribution in [3.8, 4) is 0 Å². The number of hydrogen-bond donors (Lipinski definition) is 2. The maximum Gasteiger partial charge on any atom is 0.263 e. The molecule has 0 aliphatic heterocycles. The van der Waals surface area contributed by atoms with E-state index in [0.29, 0.717) is 36.7 Å². The summed E-state index contributed by atoms with van der Waals surface area (Å²) in [6.07, 6.45) is 2.42. The summed E-state index contributed by atoms with van der Waals surface area (Å²) in [5, 5.41) is 7.90. The highest BCUT2D eigenvalue weighted by Crippen LogP contribution is 2.18. The molecule has 0 aliphatic rings. The first-order valence-corrected chi connectivity index (χ1v) is 7.23. The minimum absolute atomic E-state index is 0.178. The van der Waals surface area contributed by atoms with Gasteiger partial charge < -0.3 is 10.1 Å². The van der Waals surface area contributed by atoms with E-state index in [1.807, 2.05) is 27.7 Å². The first kappa shape index (κ1) is 15.5. The van der Waals surface area contributed by atoms with Gasteiger partial charge in [-0.3, -0.25) is 9.78 Å². The summed E-state index contributed by atoms with van der Waals surface area (Å²) >= 11 is 0. The Morgan fingerprint density at radius 1 is 1.43 bits per heavy atom. The second-order valence-electron chi connectivity index (χ2n) is 5.86. The van der Waals surface area contributed by atoms with E-state index in [0.717, 1.165) is 6.42 Å². The molecule has 2 aromatic heterocycles. The van der Waals surface area contributed by atoms with Crippen LogP contribution in [0.2, 0.25) is 0 Å². The summed E-state index contributed by atoms with van der Waals surface area (Å²) in [5.41, 5.74) is 0.191. The van der Waals surface area contributed by atoms with Crippen molar-refractivity contribution in [1.82, 2.24) is 19.7 Å². The van der Waals surface area contributed by atoms with Crippen LogP contribution in [0.5, 0.6) is 0 Å². The fourth-order valence-electron chi connectivity index (χ4n) is 2.02. The van der Waals surface area contributed by atoms with Crippen LogP contribution in [-0.2, 0) is 10.3 Å². The molecule has 0 bridgehead atoms. The van der Waals surface area contributed by atoms with Gasteiger partial charge in [-0.15, -0.1) is 0 Å². The van der Waals surface area contributed by atoms with Crippen molar-refractivity contribution >= 4 is 17.0 Å². The van der Waals surface area contributed by atoms with Crippen LogP contribution in [0.15, 0.2) is 11.0 Å². The molecule has 21 heavy (non-hydrogen) atoms. The molecule has 7 heteroatoms. The molecule has 0 atom stereocenters. The maximum atomic E-state index is 12.1. The summed E-state index contributed by atoms with van der Waals surface area (Å²) in [4.78, 5) is 19.3. The molecule has 0 unspecified atom stereocenters. The minimum atomic E-state index is -0.227. The molecule has 0 radical (unpaired) electrons. The van der Waals surface area contributed by atoms with Gasteiger partial charge in [0.1, 0.15) is 5.39 Å². The van der Waals surface area contributed by atoms with Crippen molar-refractivity contribution in [2.75, 3.05) is 25.1 Å². The van der Waals surface area contributed by atoms with Gasteiger partial charge in [0.05, 0.1) is 11.7 Å². The molecule has 7 nitrogen and oxygen atoms in total. The lowest BCUT2D eigenvalue weighted by atomic mass is 10.1. The van der Waals surface area contributed by atoms with Crippen LogP contribution in [0, 0.1) is 0 Å². The fraction of sp³-hybridized carbons (Fsp3) is 0.643. The molecule has 2 N–H and O–H groups in total. The van der Waals surface area contributed by atoms with Gasteiger partial charge in [0.2, 0.25) is 5.95 Å². The van der Waals surface area contributed by atoms with Crippen LogP contribution in [0.3, 0.4) is 0 Å². The first-order chi connectivity index (χ1) is 9.93. The van der Waals surface area contributed by atoms with Gasteiger partial charge in [-0.2, -0.15) is 10.1 Å². The van der Waals surface area contributed by atoms with Crippen molar-refractivity contribution in [3.05, 3.63) is 16.6 Å². The Bertz CT molecular complexity index is 653. The fourth-order valence-corrected chi connectivity index (χ4v) is 2.02. The van der Waals surface area contributed by atoms with Crippen molar-refractivity contribution in [2.24, 2.45) is 0 Å². The average Bonchev–Trinajstić information content (AvgIpc) is 2.82. The number of nitrogens with zero attached hydrogens (tertiary/aromatic N) is 3. The zero-order chi connectivity index (χ0) is 15.5. The lowest BCUT2D eigenvalue weighted by Crippen LogP contribution is -2.24. The van der Waals surface area contributed by atoms with E-state index in [1.54, 1.807) is 10.9 Å². The molecule has 2 rings (SSSR count). The maximum absolute atomic E-state index is 12.1. The lowest BCUT2D eigenvalue weighted by Gasteiger charge is -2.19. The molecule has 0 saturated carbocycles. The van der Waals surface area contributed by atoms with Gasteiger partial charge in [-0.25, -0.2) is 4.68 Å². The van der Waals surface area contributed by atoms with Crippen LogP contribution in [0.25, 0.3) is 11.0 Å². The van der Waals surface area contributed by atoms with Gasteiger partial charge >= 0.3 is 0 Å². The Kier molecular flexibility index (Phi) is 4.62.